The Morgan fingerprint density at radius 1 is 1.00 bits per heavy atom. The van der Waals surface area contributed by atoms with Gasteiger partial charge in [-0.25, -0.2) is 4.98 Å². The number of aliphatic hydroxyl groups excluding tert-OH is 3. The molecule has 3 heterocycles. The van der Waals surface area contributed by atoms with Crippen molar-refractivity contribution in [3.63, 3.8) is 0 Å². The van der Waals surface area contributed by atoms with E-state index in [0.717, 1.165) is 29.9 Å². The number of aromatic amines is 1. The molecule has 2 aromatic heterocycles. The Labute approximate surface area is 190 Å². The van der Waals surface area contributed by atoms with Crippen LogP contribution in [0, 0.1) is 0 Å². The summed E-state index contributed by atoms with van der Waals surface area (Å²) >= 11 is 0. The lowest BCUT2D eigenvalue weighted by Crippen LogP contribution is -2.54. The van der Waals surface area contributed by atoms with Gasteiger partial charge in [0.25, 0.3) is 0 Å². The van der Waals surface area contributed by atoms with Crippen molar-refractivity contribution in [3.05, 3.63) is 30.6 Å². The number of H-pyrrole nitrogens is 1. The Kier molecular flexibility index (Phi) is 6.27. The quantitative estimate of drug-likeness (QED) is 0.322. The zero-order valence-electron chi connectivity index (χ0n) is 18.0. The minimum absolute atomic E-state index is 0.118. The molecule has 1 saturated heterocycles. The topological polar surface area (TPSA) is 158 Å². The summed E-state index contributed by atoms with van der Waals surface area (Å²) in [5.74, 6) is 1.59. The molecule has 0 radical (unpaired) electrons. The van der Waals surface area contributed by atoms with Gasteiger partial charge in [0.2, 0.25) is 12.2 Å². The highest BCUT2D eigenvalue weighted by Crippen LogP contribution is 2.27. The molecule has 11 nitrogen and oxygen atoms in total. The molecule has 1 aliphatic heterocycles. The molecule has 176 valence electrons. The fourth-order valence-corrected chi connectivity index (χ4v) is 4.20. The number of nitrogens with one attached hydrogen (secondary N) is 3. The van der Waals surface area contributed by atoms with Crippen molar-refractivity contribution in [3.8, 4) is 5.75 Å². The van der Waals surface area contributed by atoms with E-state index in [2.05, 4.69) is 30.6 Å². The van der Waals surface area contributed by atoms with Gasteiger partial charge in [0.05, 0.1) is 12.9 Å². The van der Waals surface area contributed by atoms with Crippen molar-refractivity contribution < 1.29 is 24.8 Å². The molecule has 5 rings (SSSR count). The summed E-state index contributed by atoms with van der Waals surface area (Å²) in [6, 6.07) is 7.35. The number of ether oxygens (including phenoxy) is 2. The van der Waals surface area contributed by atoms with Gasteiger partial charge in [0.15, 0.2) is 11.5 Å². The van der Waals surface area contributed by atoms with Gasteiger partial charge in [-0.15, -0.1) is 0 Å². The summed E-state index contributed by atoms with van der Waals surface area (Å²) in [7, 11) is 0. The average molecular weight is 457 g/mol. The molecule has 0 unspecified atom stereocenters. The van der Waals surface area contributed by atoms with Crippen LogP contribution in [-0.4, -0.2) is 72.5 Å². The maximum absolute atomic E-state index is 10.0. The van der Waals surface area contributed by atoms with Gasteiger partial charge in [0.1, 0.15) is 29.6 Å². The molecule has 33 heavy (non-hydrogen) atoms. The number of hydrogen-bond acceptors (Lipinski definition) is 10. The molecular formula is C22H28N6O5. The Morgan fingerprint density at radius 2 is 1.79 bits per heavy atom. The highest BCUT2D eigenvalue weighted by Gasteiger charge is 2.39. The monoisotopic (exact) mass is 456 g/mol. The zero-order valence-corrected chi connectivity index (χ0v) is 18.0. The standard InChI is InChI=1S/C22H28N6O5/c29-15-10-32-21(18(31)17(15)30)33-14-8-6-13(7-9-14)26-22-27-19-16(23-11-24-19)20(28-22)25-12-4-2-1-3-5-12/h6-9,11-12,15,17-18,21,29-31H,1-5,10H2,(H3,23,24,25,26,27,28)/t15-,17+,18-,21+/m1/s1. The molecule has 6 N–H and O–H groups in total. The fraction of sp³-hybridized carbons (Fsp3) is 0.500. The summed E-state index contributed by atoms with van der Waals surface area (Å²) in [6.45, 7) is -0.118. The van der Waals surface area contributed by atoms with Crippen molar-refractivity contribution in [2.45, 2.75) is 62.7 Å². The number of imidazole rings is 1. The van der Waals surface area contributed by atoms with Crippen molar-refractivity contribution in [1.82, 2.24) is 19.9 Å². The molecule has 1 aromatic carbocycles. The molecule has 1 aliphatic carbocycles. The van der Waals surface area contributed by atoms with E-state index in [9.17, 15) is 15.3 Å². The molecule has 11 heteroatoms. The number of fused-ring (bicyclic) bond motifs is 1. The van der Waals surface area contributed by atoms with Crippen LogP contribution in [0.25, 0.3) is 11.2 Å². The van der Waals surface area contributed by atoms with Crippen LogP contribution in [0.15, 0.2) is 30.6 Å². The second kappa shape index (κ2) is 9.48. The first-order valence-electron chi connectivity index (χ1n) is 11.2. The van der Waals surface area contributed by atoms with E-state index >= 15 is 0 Å². The largest absolute Gasteiger partial charge is 0.462 e. The van der Waals surface area contributed by atoms with E-state index in [-0.39, 0.29) is 6.61 Å². The summed E-state index contributed by atoms with van der Waals surface area (Å²) < 4.78 is 10.9. The molecule has 4 atom stereocenters. The predicted molar refractivity (Wildman–Crippen MR) is 120 cm³/mol. The van der Waals surface area contributed by atoms with Gasteiger partial charge in [-0.1, -0.05) is 19.3 Å². The van der Waals surface area contributed by atoms with Crippen molar-refractivity contribution in [2.24, 2.45) is 0 Å². The van der Waals surface area contributed by atoms with Crippen LogP contribution in [0.5, 0.6) is 5.75 Å². The molecule has 0 bridgehead atoms. The Balaban J connectivity index is 1.27. The lowest BCUT2D eigenvalue weighted by molar-refractivity contribution is -0.242. The lowest BCUT2D eigenvalue weighted by atomic mass is 9.95. The van der Waals surface area contributed by atoms with Gasteiger partial charge >= 0.3 is 0 Å². The Bertz CT molecular complexity index is 1070. The summed E-state index contributed by atoms with van der Waals surface area (Å²) in [5.41, 5.74) is 2.10. The van der Waals surface area contributed by atoms with Gasteiger partial charge in [-0.2, -0.15) is 9.97 Å². The lowest BCUT2D eigenvalue weighted by Gasteiger charge is -2.34. The number of rotatable bonds is 6. The maximum Gasteiger partial charge on any atom is 0.231 e. The molecule has 2 aliphatic rings. The summed E-state index contributed by atoms with van der Waals surface area (Å²) in [6.07, 6.45) is 2.69. The normalized spacial score (nSPS) is 26.3. The van der Waals surface area contributed by atoms with Crippen LogP contribution in [0.3, 0.4) is 0 Å². The SMILES string of the molecule is O[C@@H]1[C@@H](O)[C@H](Oc2ccc(Nc3nc(NC4CCCCC4)c4[nH]cnc4n3)cc2)OC[C@H]1O. The molecular weight excluding hydrogens is 428 g/mol. The number of aliphatic hydroxyl groups is 3. The third-order valence-corrected chi connectivity index (χ3v) is 6.05. The van der Waals surface area contributed by atoms with Crippen LogP contribution in [0.1, 0.15) is 32.1 Å². The number of nitrogens with zero attached hydrogens (tertiary/aromatic N) is 3. The van der Waals surface area contributed by atoms with Gasteiger partial charge in [-0.05, 0) is 37.1 Å². The number of anilines is 3. The Morgan fingerprint density at radius 3 is 2.58 bits per heavy atom. The van der Waals surface area contributed by atoms with Gasteiger partial charge < -0.3 is 40.4 Å². The number of benzene rings is 1. The molecule has 1 saturated carbocycles. The maximum atomic E-state index is 10.0. The van der Waals surface area contributed by atoms with Crippen LogP contribution in [0.2, 0.25) is 0 Å². The van der Waals surface area contributed by atoms with Gasteiger partial charge in [-0.3, -0.25) is 0 Å². The number of hydrogen-bond donors (Lipinski definition) is 6. The number of aromatic nitrogens is 4. The minimum Gasteiger partial charge on any atom is -0.462 e. The summed E-state index contributed by atoms with van der Waals surface area (Å²) in [5, 5.41) is 36.1. The highest BCUT2D eigenvalue weighted by atomic mass is 16.7. The highest BCUT2D eigenvalue weighted by molar-refractivity contribution is 5.84. The van der Waals surface area contributed by atoms with Crippen molar-refractivity contribution in [1.29, 1.82) is 0 Å². The molecule has 0 amide bonds. The van der Waals surface area contributed by atoms with Crippen LogP contribution < -0.4 is 15.4 Å². The van der Waals surface area contributed by atoms with Crippen molar-refractivity contribution in [2.75, 3.05) is 17.2 Å². The van der Waals surface area contributed by atoms with Crippen molar-refractivity contribution >= 4 is 28.6 Å². The van der Waals surface area contributed by atoms with E-state index in [1.165, 1.54) is 19.3 Å². The predicted octanol–water partition coefficient (Wildman–Crippen LogP) is 1.66. The molecule has 3 aromatic rings. The Hall–Kier alpha value is -2.99. The molecule has 2 fully saturated rings. The first-order chi connectivity index (χ1) is 16.1. The second-order valence-corrected chi connectivity index (χ2v) is 8.49. The van der Waals surface area contributed by atoms with Crippen LogP contribution in [-0.2, 0) is 4.74 Å². The van der Waals surface area contributed by atoms with Gasteiger partial charge in [0, 0.05) is 11.7 Å². The van der Waals surface area contributed by atoms with Crippen LogP contribution >= 0.6 is 0 Å². The fourth-order valence-electron chi connectivity index (χ4n) is 4.20. The van der Waals surface area contributed by atoms with E-state index in [0.29, 0.717) is 23.4 Å². The van der Waals surface area contributed by atoms with Crippen LogP contribution in [0.4, 0.5) is 17.5 Å². The minimum atomic E-state index is -1.35. The average Bonchev–Trinajstić information content (AvgIpc) is 3.30. The van der Waals surface area contributed by atoms with E-state index in [4.69, 9.17) is 9.47 Å². The third kappa shape index (κ3) is 4.86. The second-order valence-electron chi connectivity index (χ2n) is 8.49. The zero-order chi connectivity index (χ0) is 22.8. The van der Waals surface area contributed by atoms with E-state index in [1.807, 2.05) is 0 Å². The smallest absolute Gasteiger partial charge is 0.231 e. The molecule has 0 spiro atoms. The summed E-state index contributed by atoms with van der Waals surface area (Å²) in [4.78, 5) is 16.6. The van der Waals surface area contributed by atoms with E-state index < -0.39 is 24.6 Å². The van der Waals surface area contributed by atoms with E-state index in [1.54, 1.807) is 30.6 Å². The first kappa shape index (κ1) is 21.8. The third-order valence-electron chi connectivity index (χ3n) is 6.05. The first-order valence-corrected chi connectivity index (χ1v) is 11.2.